The van der Waals surface area contributed by atoms with Crippen LogP contribution in [0.25, 0.3) is 0 Å². The second-order valence-electron chi connectivity index (χ2n) is 5.41. The summed E-state index contributed by atoms with van der Waals surface area (Å²) in [7, 11) is 0. The van der Waals surface area contributed by atoms with E-state index in [4.69, 9.17) is 4.42 Å². The molecular formula is C16H18N2O3. The van der Waals surface area contributed by atoms with Crippen LogP contribution in [-0.4, -0.2) is 22.2 Å². The number of aromatic nitrogens is 1. The number of Topliss-reactive ketones (excluding diaryl/α,β-unsaturated/α-hetero) is 1. The fraction of sp³-hybridized carbons (Fsp3) is 0.312. The maximum Gasteiger partial charge on any atom is 0.274 e. The van der Waals surface area contributed by atoms with Gasteiger partial charge >= 0.3 is 0 Å². The molecule has 0 saturated heterocycles. The normalized spacial score (nSPS) is 11.2. The first-order chi connectivity index (χ1) is 9.81. The Morgan fingerprint density at radius 2 is 1.76 bits per heavy atom. The van der Waals surface area contributed by atoms with E-state index < -0.39 is 11.4 Å². The van der Waals surface area contributed by atoms with Crippen LogP contribution in [0.15, 0.2) is 34.7 Å². The van der Waals surface area contributed by atoms with Crippen LogP contribution in [0.1, 0.15) is 46.3 Å². The Kier molecular flexibility index (Phi) is 3.93. The smallest absolute Gasteiger partial charge is 0.274 e. The number of oxazole rings is 1. The molecule has 0 atom stereocenters. The minimum Gasteiger partial charge on any atom is -0.445 e. The van der Waals surface area contributed by atoms with Crippen LogP contribution < -0.4 is 5.32 Å². The van der Waals surface area contributed by atoms with Crippen molar-refractivity contribution in [2.45, 2.75) is 33.2 Å². The molecule has 0 bridgehead atoms. The SMILES string of the molecule is Cc1nc(C(=O)NC(C)(C)C(=O)c2ccccc2)c(C)o1. The maximum absolute atomic E-state index is 12.5. The highest BCUT2D eigenvalue weighted by Crippen LogP contribution is 2.15. The predicted molar refractivity (Wildman–Crippen MR) is 78.3 cm³/mol. The number of hydrogen-bond donors (Lipinski definition) is 1. The summed E-state index contributed by atoms with van der Waals surface area (Å²) in [6.07, 6.45) is 0. The van der Waals surface area contributed by atoms with Crippen molar-refractivity contribution in [3.05, 3.63) is 53.2 Å². The van der Waals surface area contributed by atoms with E-state index >= 15 is 0 Å². The lowest BCUT2D eigenvalue weighted by Crippen LogP contribution is -2.50. The second kappa shape index (κ2) is 5.52. The van der Waals surface area contributed by atoms with Crippen LogP contribution in [0.2, 0.25) is 0 Å². The summed E-state index contributed by atoms with van der Waals surface area (Å²) in [5.74, 6) is 0.283. The molecule has 0 fully saturated rings. The summed E-state index contributed by atoms with van der Waals surface area (Å²) in [5, 5.41) is 2.71. The maximum atomic E-state index is 12.5. The zero-order valence-corrected chi connectivity index (χ0v) is 12.6. The third-order valence-corrected chi connectivity index (χ3v) is 3.15. The van der Waals surface area contributed by atoms with Gasteiger partial charge in [0.05, 0.1) is 5.54 Å². The molecule has 1 heterocycles. The summed E-state index contributed by atoms with van der Waals surface area (Å²) >= 11 is 0. The molecule has 0 spiro atoms. The first kappa shape index (κ1) is 15.0. The van der Waals surface area contributed by atoms with Crippen LogP contribution in [-0.2, 0) is 0 Å². The first-order valence-corrected chi connectivity index (χ1v) is 6.67. The summed E-state index contributed by atoms with van der Waals surface area (Å²) in [6.45, 7) is 6.68. The van der Waals surface area contributed by atoms with E-state index in [1.165, 1.54) is 0 Å². The van der Waals surface area contributed by atoms with E-state index in [-0.39, 0.29) is 11.5 Å². The number of nitrogens with one attached hydrogen (secondary N) is 1. The lowest BCUT2D eigenvalue weighted by Gasteiger charge is -2.24. The molecule has 0 unspecified atom stereocenters. The fourth-order valence-corrected chi connectivity index (χ4v) is 2.09. The topological polar surface area (TPSA) is 72.2 Å². The molecule has 110 valence electrons. The second-order valence-corrected chi connectivity index (χ2v) is 5.41. The van der Waals surface area contributed by atoms with Gasteiger partial charge in [0.25, 0.3) is 5.91 Å². The minimum atomic E-state index is -1.03. The lowest BCUT2D eigenvalue weighted by atomic mass is 9.93. The van der Waals surface area contributed by atoms with E-state index in [9.17, 15) is 9.59 Å². The molecule has 2 aromatic rings. The van der Waals surface area contributed by atoms with Gasteiger partial charge in [-0.25, -0.2) is 4.98 Å². The minimum absolute atomic E-state index is 0.158. The highest BCUT2D eigenvalue weighted by Gasteiger charge is 2.32. The van der Waals surface area contributed by atoms with Crippen molar-refractivity contribution < 1.29 is 14.0 Å². The van der Waals surface area contributed by atoms with Gasteiger partial charge in [0.2, 0.25) is 0 Å². The van der Waals surface area contributed by atoms with E-state index in [2.05, 4.69) is 10.3 Å². The van der Waals surface area contributed by atoms with Gasteiger partial charge in [-0.15, -0.1) is 0 Å². The molecule has 0 aliphatic carbocycles. The monoisotopic (exact) mass is 286 g/mol. The Bertz CT molecular complexity index is 672. The van der Waals surface area contributed by atoms with E-state index in [1.807, 2.05) is 6.07 Å². The Hall–Kier alpha value is -2.43. The quantitative estimate of drug-likeness (QED) is 0.877. The molecule has 0 radical (unpaired) electrons. The van der Waals surface area contributed by atoms with E-state index in [0.717, 1.165) is 0 Å². The molecule has 5 heteroatoms. The number of nitrogens with zero attached hydrogens (tertiary/aromatic N) is 1. The molecule has 0 saturated carbocycles. The molecule has 21 heavy (non-hydrogen) atoms. The highest BCUT2D eigenvalue weighted by atomic mass is 16.4. The number of ketones is 1. The molecular weight excluding hydrogens is 268 g/mol. The van der Waals surface area contributed by atoms with Gasteiger partial charge < -0.3 is 9.73 Å². The van der Waals surface area contributed by atoms with Crippen molar-refractivity contribution in [1.29, 1.82) is 0 Å². The van der Waals surface area contributed by atoms with Crippen molar-refractivity contribution in [3.8, 4) is 0 Å². The van der Waals surface area contributed by atoms with Crippen molar-refractivity contribution in [2.75, 3.05) is 0 Å². The Morgan fingerprint density at radius 3 is 2.29 bits per heavy atom. The Labute approximate surface area is 123 Å². The standard InChI is InChI=1S/C16H18N2O3/c1-10-13(17-11(2)21-10)15(20)18-16(3,4)14(19)12-8-6-5-7-9-12/h5-9H,1-4H3,(H,18,20). The largest absolute Gasteiger partial charge is 0.445 e. The molecule has 1 aromatic carbocycles. The molecule has 0 aliphatic heterocycles. The van der Waals surface area contributed by atoms with Crippen LogP contribution in [0.5, 0.6) is 0 Å². The van der Waals surface area contributed by atoms with Gasteiger partial charge in [0, 0.05) is 12.5 Å². The molecule has 0 aliphatic rings. The van der Waals surface area contributed by atoms with Crippen molar-refractivity contribution >= 4 is 11.7 Å². The number of rotatable bonds is 4. The van der Waals surface area contributed by atoms with Crippen LogP contribution in [0.4, 0.5) is 0 Å². The van der Waals surface area contributed by atoms with E-state index in [0.29, 0.717) is 17.2 Å². The van der Waals surface area contributed by atoms with Crippen molar-refractivity contribution in [3.63, 3.8) is 0 Å². The average molecular weight is 286 g/mol. The first-order valence-electron chi connectivity index (χ1n) is 6.67. The van der Waals surface area contributed by atoms with Crippen molar-refractivity contribution in [2.24, 2.45) is 0 Å². The van der Waals surface area contributed by atoms with Gasteiger partial charge in [-0.2, -0.15) is 0 Å². The van der Waals surface area contributed by atoms with E-state index in [1.54, 1.807) is 52.0 Å². The van der Waals surface area contributed by atoms with Gasteiger partial charge in [-0.3, -0.25) is 9.59 Å². The van der Waals surface area contributed by atoms with Gasteiger partial charge in [-0.05, 0) is 20.8 Å². The summed E-state index contributed by atoms with van der Waals surface area (Å²) < 4.78 is 5.24. The number of amides is 1. The van der Waals surface area contributed by atoms with Gasteiger partial charge in [-0.1, -0.05) is 30.3 Å². The molecule has 1 N–H and O–H groups in total. The lowest BCUT2D eigenvalue weighted by molar-refractivity contribution is 0.0795. The number of carbonyl (C=O) groups is 2. The molecule has 1 amide bonds. The third kappa shape index (κ3) is 3.18. The molecule has 2 rings (SSSR count). The fourth-order valence-electron chi connectivity index (χ4n) is 2.09. The Morgan fingerprint density at radius 1 is 1.14 bits per heavy atom. The van der Waals surface area contributed by atoms with Gasteiger partial charge in [0.1, 0.15) is 5.76 Å². The van der Waals surface area contributed by atoms with Gasteiger partial charge in [0.15, 0.2) is 17.4 Å². The third-order valence-electron chi connectivity index (χ3n) is 3.15. The highest BCUT2D eigenvalue weighted by molar-refractivity contribution is 6.06. The summed E-state index contributed by atoms with van der Waals surface area (Å²) in [6, 6.07) is 8.86. The average Bonchev–Trinajstić information content (AvgIpc) is 2.77. The predicted octanol–water partition coefficient (Wildman–Crippen LogP) is 2.68. The van der Waals surface area contributed by atoms with Crippen molar-refractivity contribution in [1.82, 2.24) is 10.3 Å². The molecule has 5 nitrogen and oxygen atoms in total. The number of benzene rings is 1. The number of carbonyl (C=O) groups excluding carboxylic acids is 2. The van der Waals surface area contributed by atoms with Crippen LogP contribution >= 0.6 is 0 Å². The zero-order chi connectivity index (χ0) is 15.6. The molecule has 1 aromatic heterocycles. The summed E-state index contributed by atoms with van der Waals surface area (Å²) in [4.78, 5) is 28.7. The number of aryl methyl sites for hydroxylation is 2. The Balaban J connectivity index is 2.19. The van der Waals surface area contributed by atoms with Crippen LogP contribution in [0.3, 0.4) is 0 Å². The van der Waals surface area contributed by atoms with Crippen LogP contribution in [0, 0.1) is 13.8 Å². The summed E-state index contributed by atoms with van der Waals surface area (Å²) in [5.41, 5.74) is -0.269. The zero-order valence-electron chi connectivity index (χ0n) is 12.6. The number of hydrogen-bond acceptors (Lipinski definition) is 4.